The smallest absolute Gasteiger partial charge is 0.255 e. The topological polar surface area (TPSA) is 103 Å². The van der Waals surface area contributed by atoms with Gasteiger partial charge < -0.3 is 20.9 Å². The molecule has 3 heterocycles. The van der Waals surface area contributed by atoms with E-state index < -0.39 is 11.7 Å². The molecule has 0 saturated carbocycles. The van der Waals surface area contributed by atoms with Crippen LogP contribution in [0.25, 0.3) is 0 Å². The lowest BCUT2D eigenvalue weighted by atomic mass is 9.95. The van der Waals surface area contributed by atoms with E-state index in [2.05, 4.69) is 20.9 Å². The van der Waals surface area contributed by atoms with E-state index in [1.165, 1.54) is 11.3 Å². The average molecular weight is 414 g/mol. The van der Waals surface area contributed by atoms with E-state index in [0.29, 0.717) is 30.1 Å². The number of thiazole rings is 1. The van der Waals surface area contributed by atoms with Crippen molar-refractivity contribution in [1.82, 2.24) is 15.2 Å². The molecular formula is C20H23N5O3S. The van der Waals surface area contributed by atoms with Gasteiger partial charge in [0.25, 0.3) is 5.91 Å². The van der Waals surface area contributed by atoms with E-state index in [9.17, 15) is 14.4 Å². The van der Waals surface area contributed by atoms with Crippen molar-refractivity contribution in [2.75, 3.05) is 17.2 Å². The number of likely N-dealkylation sites (tertiary alicyclic amines) is 1. The zero-order chi connectivity index (χ0) is 20.6. The van der Waals surface area contributed by atoms with E-state index in [1.807, 2.05) is 30.5 Å². The van der Waals surface area contributed by atoms with Gasteiger partial charge in [0.05, 0.1) is 11.3 Å². The Balaban J connectivity index is 1.48. The number of fused-ring (bicyclic) bond motifs is 1. The van der Waals surface area contributed by atoms with E-state index >= 15 is 0 Å². The maximum atomic E-state index is 12.8. The number of hydrogen-bond acceptors (Lipinski definition) is 6. The summed E-state index contributed by atoms with van der Waals surface area (Å²) in [6, 6.07) is 6.70. The highest BCUT2D eigenvalue weighted by molar-refractivity contribution is 7.13. The Morgan fingerprint density at radius 2 is 2.07 bits per heavy atom. The van der Waals surface area contributed by atoms with Crippen LogP contribution in [0.15, 0.2) is 29.6 Å². The van der Waals surface area contributed by atoms with Crippen molar-refractivity contribution >= 4 is 39.9 Å². The number of nitrogens with one attached hydrogen (secondary N) is 3. The molecule has 2 aliphatic heterocycles. The Hall–Kier alpha value is -2.94. The molecule has 0 radical (unpaired) electrons. The van der Waals surface area contributed by atoms with Crippen molar-refractivity contribution in [2.45, 2.75) is 44.8 Å². The molecule has 1 spiro atoms. The summed E-state index contributed by atoms with van der Waals surface area (Å²) in [6.07, 6.45) is 1.21. The van der Waals surface area contributed by atoms with Crippen LogP contribution in [0.4, 0.5) is 10.8 Å². The van der Waals surface area contributed by atoms with Crippen LogP contribution in [0.3, 0.4) is 0 Å². The summed E-state index contributed by atoms with van der Waals surface area (Å²) in [5, 5.41) is 11.6. The largest absolute Gasteiger partial charge is 0.362 e. The summed E-state index contributed by atoms with van der Waals surface area (Å²) >= 11 is 1.35. The lowest BCUT2D eigenvalue weighted by Gasteiger charge is -2.40. The molecule has 3 amide bonds. The average Bonchev–Trinajstić information content (AvgIpc) is 3.04. The first-order valence-electron chi connectivity index (χ1n) is 9.59. The highest BCUT2D eigenvalue weighted by Gasteiger charge is 2.41. The fourth-order valence-electron chi connectivity index (χ4n) is 3.81. The number of benzene rings is 1. The summed E-state index contributed by atoms with van der Waals surface area (Å²) < 4.78 is 0. The van der Waals surface area contributed by atoms with Crippen LogP contribution in [-0.2, 0) is 9.59 Å². The normalized spacial score (nSPS) is 22.3. The summed E-state index contributed by atoms with van der Waals surface area (Å²) in [6.45, 7) is 3.94. The van der Waals surface area contributed by atoms with E-state index in [4.69, 9.17) is 0 Å². The van der Waals surface area contributed by atoms with Crippen molar-refractivity contribution in [2.24, 2.45) is 0 Å². The number of anilines is 2. The SMILES string of the molecule is Cc1csc(NC(=O)[C@H](C)N2CC[C@]3(CCC2=O)NC(=O)c2ccccc2N3)n1. The Labute approximate surface area is 172 Å². The van der Waals surface area contributed by atoms with Gasteiger partial charge in [-0.15, -0.1) is 11.3 Å². The molecule has 0 unspecified atom stereocenters. The predicted molar refractivity (Wildman–Crippen MR) is 111 cm³/mol. The van der Waals surface area contributed by atoms with Crippen molar-refractivity contribution in [3.63, 3.8) is 0 Å². The Bertz CT molecular complexity index is 975. The van der Waals surface area contributed by atoms with Gasteiger partial charge in [-0.2, -0.15) is 0 Å². The number of aromatic nitrogens is 1. The van der Waals surface area contributed by atoms with Crippen molar-refractivity contribution < 1.29 is 14.4 Å². The maximum Gasteiger partial charge on any atom is 0.255 e. The van der Waals surface area contributed by atoms with Crippen LogP contribution in [-0.4, -0.2) is 45.9 Å². The van der Waals surface area contributed by atoms with Crippen LogP contribution in [0.2, 0.25) is 0 Å². The minimum Gasteiger partial charge on any atom is -0.362 e. The number of rotatable bonds is 3. The quantitative estimate of drug-likeness (QED) is 0.717. The number of aryl methyl sites for hydroxylation is 1. The highest BCUT2D eigenvalue weighted by atomic mass is 32.1. The number of nitrogens with zero attached hydrogens (tertiary/aromatic N) is 2. The lowest BCUT2D eigenvalue weighted by molar-refractivity contribution is -0.137. The van der Waals surface area contributed by atoms with Crippen LogP contribution < -0.4 is 16.0 Å². The van der Waals surface area contributed by atoms with Gasteiger partial charge in [-0.25, -0.2) is 4.98 Å². The molecule has 1 aromatic carbocycles. The van der Waals surface area contributed by atoms with Crippen molar-refractivity contribution in [1.29, 1.82) is 0 Å². The molecule has 2 aliphatic rings. The first-order valence-corrected chi connectivity index (χ1v) is 10.5. The minimum absolute atomic E-state index is 0.102. The lowest BCUT2D eigenvalue weighted by Crippen LogP contribution is -2.58. The van der Waals surface area contributed by atoms with Gasteiger partial charge in [-0.3, -0.25) is 14.4 Å². The Morgan fingerprint density at radius 1 is 1.28 bits per heavy atom. The second-order valence-electron chi connectivity index (χ2n) is 7.50. The summed E-state index contributed by atoms with van der Waals surface area (Å²) in [5.74, 6) is -0.519. The van der Waals surface area contributed by atoms with Gasteiger partial charge in [0, 0.05) is 30.5 Å². The minimum atomic E-state index is -0.696. The molecule has 1 saturated heterocycles. The van der Waals surface area contributed by atoms with Crippen LogP contribution >= 0.6 is 11.3 Å². The van der Waals surface area contributed by atoms with Crippen molar-refractivity contribution in [3.8, 4) is 0 Å². The first kappa shape index (κ1) is 19.4. The van der Waals surface area contributed by atoms with Crippen LogP contribution in [0, 0.1) is 6.92 Å². The fraction of sp³-hybridized carbons (Fsp3) is 0.400. The molecule has 2 atom stereocenters. The summed E-state index contributed by atoms with van der Waals surface area (Å²) in [7, 11) is 0. The molecule has 8 nitrogen and oxygen atoms in total. The zero-order valence-corrected chi connectivity index (χ0v) is 17.1. The standard InChI is InChI=1S/C20H23N5O3S/c1-12-11-29-19(21-12)22-17(27)13(2)25-10-9-20(8-7-16(25)26)23-15-6-4-3-5-14(15)18(28)24-20/h3-6,11,13,23H,7-10H2,1-2H3,(H,24,28)(H,21,22,27)/t13-,20-/m0/s1. The van der Waals surface area contributed by atoms with Gasteiger partial charge in [0.2, 0.25) is 11.8 Å². The molecule has 4 rings (SSSR count). The number of carbonyl (C=O) groups excluding carboxylic acids is 3. The van der Waals surface area contributed by atoms with Crippen molar-refractivity contribution in [3.05, 3.63) is 40.9 Å². The van der Waals surface area contributed by atoms with E-state index in [0.717, 1.165) is 11.4 Å². The second kappa shape index (κ2) is 7.47. The molecule has 1 aromatic heterocycles. The maximum absolute atomic E-state index is 12.8. The van der Waals surface area contributed by atoms with Gasteiger partial charge in [-0.1, -0.05) is 12.1 Å². The van der Waals surface area contributed by atoms with E-state index in [1.54, 1.807) is 17.9 Å². The van der Waals surface area contributed by atoms with Gasteiger partial charge in [0.1, 0.15) is 11.7 Å². The molecule has 0 bridgehead atoms. The van der Waals surface area contributed by atoms with E-state index in [-0.39, 0.29) is 24.1 Å². The Kier molecular flexibility index (Phi) is 4.99. The fourth-order valence-corrected chi connectivity index (χ4v) is 4.50. The van der Waals surface area contributed by atoms with Gasteiger partial charge >= 0.3 is 0 Å². The third kappa shape index (κ3) is 3.82. The second-order valence-corrected chi connectivity index (χ2v) is 8.36. The molecular weight excluding hydrogens is 390 g/mol. The molecule has 2 aromatic rings. The third-order valence-electron chi connectivity index (χ3n) is 5.46. The molecule has 1 fully saturated rings. The number of para-hydroxylation sites is 1. The van der Waals surface area contributed by atoms with Crippen LogP contribution in [0.1, 0.15) is 42.2 Å². The van der Waals surface area contributed by atoms with Gasteiger partial charge in [-0.05, 0) is 32.4 Å². The molecule has 0 aliphatic carbocycles. The number of hydrogen-bond donors (Lipinski definition) is 3. The Morgan fingerprint density at radius 3 is 2.83 bits per heavy atom. The highest BCUT2D eigenvalue weighted by Crippen LogP contribution is 2.32. The van der Waals surface area contributed by atoms with Crippen LogP contribution in [0.5, 0.6) is 0 Å². The molecule has 3 N–H and O–H groups in total. The third-order valence-corrected chi connectivity index (χ3v) is 6.34. The first-order chi connectivity index (χ1) is 13.9. The molecule has 9 heteroatoms. The number of amides is 3. The molecule has 29 heavy (non-hydrogen) atoms. The summed E-state index contributed by atoms with van der Waals surface area (Å²) in [5.41, 5.74) is 1.50. The summed E-state index contributed by atoms with van der Waals surface area (Å²) in [4.78, 5) is 43.8. The zero-order valence-electron chi connectivity index (χ0n) is 16.3. The monoisotopic (exact) mass is 413 g/mol. The molecule has 152 valence electrons. The predicted octanol–water partition coefficient (Wildman–Crippen LogP) is 2.34. The number of carbonyl (C=O) groups is 3. The van der Waals surface area contributed by atoms with Gasteiger partial charge in [0.15, 0.2) is 5.13 Å².